The molecule has 3 rings (SSSR count). The zero-order valence-electron chi connectivity index (χ0n) is 13.5. The number of nitrogens with zero attached hydrogens (tertiary/aromatic N) is 3. The average molecular weight is 317 g/mol. The molecule has 0 heterocycles. The first-order chi connectivity index (χ1) is 11.6. The van der Waals surface area contributed by atoms with E-state index < -0.39 is 4.92 Å². The topological polar surface area (TPSA) is 67.9 Å². The highest BCUT2D eigenvalue weighted by Crippen LogP contribution is 2.27. The fourth-order valence-electron chi connectivity index (χ4n) is 2.60. The molecule has 3 aromatic rings. The molecular weight excluding hydrogens is 301 g/mol. The maximum Gasteiger partial charge on any atom is 0.269 e. The van der Waals surface area contributed by atoms with Gasteiger partial charge in [0.05, 0.1) is 16.3 Å². The molecule has 0 bridgehead atoms. The van der Waals surface area contributed by atoms with Crippen molar-refractivity contribution in [1.82, 2.24) is 0 Å². The lowest BCUT2D eigenvalue weighted by Gasteiger charge is -2.10. The van der Waals surface area contributed by atoms with E-state index in [2.05, 4.69) is 36.0 Å². The minimum atomic E-state index is -0.428. The molecule has 0 aliphatic carbocycles. The summed E-state index contributed by atoms with van der Waals surface area (Å²) in [5.41, 5.74) is 2.60. The van der Waals surface area contributed by atoms with Crippen LogP contribution in [0.4, 0.5) is 17.1 Å². The van der Waals surface area contributed by atoms with Gasteiger partial charge in [0, 0.05) is 17.5 Å². The van der Waals surface area contributed by atoms with Gasteiger partial charge >= 0.3 is 0 Å². The van der Waals surface area contributed by atoms with Gasteiger partial charge in [-0.15, -0.1) is 0 Å². The summed E-state index contributed by atoms with van der Waals surface area (Å²) >= 11 is 0. The maximum atomic E-state index is 10.7. The van der Waals surface area contributed by atoms with Crippen LogP contribution in [0.15, 0.2) is 70.9 Å². The summed E-state index contributed by atoms with van der Waals surface area (Å²) < 4.78 is 0. The second-order valence-electron chi connectivity index (χ2n) is 5.85. The molecule has 0 aromatic heterocycles. The van der Waals surface area contributed by atoms with Crippen LogP contribution in [0.5, 0.6) is 0 Å². The molecular formula is C18H16BN3O2. The largest absolute Gasteiger partial charge is 0.269 e. The summed E-state index contributed by atoms with van der Waals surface area (Å²) in [6, 6.07) is 18.3. The molecule has 3 aromatic carbocycles. The second-order valence-corrected chi connectivity index (χ2v) is 5.85. The van der Waals surface area contributed by atoms with Gasteiger partial charge in [-0.2, -0.15) is 10.2 Å². The number of azo groups is 1. The highest BCUT2D eigenvalue weighted by atomic mass is 16.6. The summed E-state index contributed by atoms with van der Waals surface area (Å²) in [5.74, 6) is 0. The van der Waals surface area contributed by atoms with E-state index in [1.54, 1.807) is 12.1 Å². The third kappa shape index (κ3) is 3.17. The van der Waals surface area contributed by atoms with Crippen LogP contribution < -0.4 is 5.46 Å². The van der Waals surface area contributed by atoms with E-state index >= 15 is 0 Å². The molecule has 0 spiro atoms. The molecule has 0 radical (unpaired) electrons. The Bertz CT molecular complexity index is 921. The zero-order valence-corrected chi connectivity index (χ0v) is 13.5. The second kappa shape index (κ2) is 6.62. The Morgan fingerprint density at radius 3 is 2.29 bits per heavy atom. The third-order valence-corrected chi connectivity index (χ3v) is 3.88. The number of nitro benzene ring substituents is 1. The summed E-state index contributed by atoms with van der Waals surface area (Å²) in [6.45, 7) is 4.56. The number of non-ortho nitro benzene ring substituents is 1. The minimum Gasteiger partial charge on any atom is -0.258 e. The average Bonchev–Trinajstić information content (AvgIpc) is 2.59. The van der Waals surface area contributed by atoms with Crippen LogP contribution >= 0.6 is 0 Å². The van der Waals surface area contributed by atoms with Crippen LogP contribution in [0, 0.1) is 10.1 Å². The van der Waals surface area contributed by atoms with E-state index in [1.165, 1.54) is 12.1 Å². The van der Waals surface area contributed by atoms with Crippen LogP contribution in [0.2, 0.25) is 13.6 Å². The molecule has 24 heavy (non-hydrogen) atoms. The molecule has 0 N–H and O–H groups in total. The van der Waals surface area contributed by atoms with Gasteiger partial charge in [0.25, 0.3) is 5.69 Å². The summed E-state index contributed by atoms with van der Waals surface area (Å²) in [7, 11) is 0. The Morgan fingerprint density at radius 2 is 1.62 bits per heavy atom. The van der Waals surface area contributed by atoms with Crippen molar-refractivity contribution < 1.29 is 4.92 Å². The number of hydrogen-bond acceptors (Lipinski definition) is 4. The van der Waals surface area contributed by atoms with Crippen molar-refractivity contribution in [3.05, 3.63) is 70.8 Å². The lowest BCUT2D eigenvalue weighted by Crippen LogP contribution is -2.22. The highest BCUT2D eigenvalue weighted by molar-refractivity contribution is 6.72. The first-order valence-electron chi connectivity index (χ1n) is 7.74. The van der Waals surface area contributed by atoms with Crippen LogP contribution in [0.3, 0.4) is 0 Å². The molecule has 5 nitrogen and oxygen atoms in total. The summed E-state index contributed by atoms with van der Waals surface area (Å²) in [6.07, 6.45) is 0. The van der Waals surface area contributed by atoms with Gasteiger partial charge in [-0.25, -0.2) is 0 Å². The van der Waals surface area contributed by atoms with Crippen LogP contribution in [0.1, 0.15) is 0 Å². The van der Waals surface area contributed by atoms with Gasteiger partial charge in [-0.1, -0.05) is 55.5 Å². The molecule has 0 saturated carbocycles. The first kappa shape index (κ1) is 15.9. The van der Waals surface area contributed by atoms with Gasteiger partial charge in [0.15, 0.2) is 6.71 Å². The van der Waals surface area contributed by atoms with Crippen LogP contribution in [-0.4, -0.2) is 11.6 Å². The van der Waals surface area contributed by atoms with Crippen molar-refractivity contribution in [3.63, 3.8) is 0 Å². The molecule has 0 aliphatic rings. The lowest BCUT2D eigenvalue weighted by atomic mass is 9.49. The smallest absolute Gasteiger partial charge is 0.258 e. The predicted octanol–water partition coefficient (Wildman–Crippen LogP) is 5.12. The van der Waals surface area contributed by atoms with Crippen LogP contribution in [0.25, 0.3) is 10.8 Å². The van der Waals surface area contributed by atoms with Crippen molar-refractivity contribution in [1.29, 1.82) is 0 Å². The van der Waals surface area contributed by atoms with Crippen molar-refractivity contribution in [2.24, 2.45) is 10.2 Å². The van der Waals surface area contributed by atoms with Crippen LogP contribution in [-0.2, 0) is 0 Å². The Labute approximate surface area is 140 Å². The molecule has 0 aliphatic heterocycles. The Kier molecular flexibility index (Phi) is 4.38. The van der Waals surface area contributed by atoms with Crippen molar-refractivity contribution in [3.8, 4) is 0 Å². The fraction of sp³-hybridized carbons (Fsp3) is 0.111. The number of benzene rings is 3. The van der Waals surface area contributed by atoms with Gasteiger partial charge in [0.2, 0.25) is 0 Å². The van der Waals surface area contributed by atoms with Crippen molar-refractivity contribution in [2.75, 3.05) is 0 Å². The van der Waals surface area contributed by atoms with Gasteiger partial charge in [-0.3, -0.25) is 10.1 Å². The molecule has 0 atom stereocenters. The monoisotopic (exact) mass is 317 g/mol. The first-order valence-corrected chi connectivity index (χ1v) is 7.74. The van der Waals surface area contributed by atoms with Gasteiger partial charge in [0.1, 0.15) is 0 Å². The molecule has 0 unspecified atom stereocenters. The summed E-state index contributed by atoms with van der Waals surface area (Å²) in [4.78, 5) is 10.3. The van der Waals surface area contributed by atoms with Gasteiger partial charge in [-0.05, 0) is 17.5 Å². The lowest BCUT2D eigenvalue weighted by molar-refractivity contribution is -0.384. The normalized spacial score (nSPS) is 11.1. The predicted molar refractivity (Wildman–Crippen MR) is 98.3 cm³/mol. The number of rotatable bonds is 4. The fourth-order valence-corrected chi connectivity index (χ4v) is 2.60. The molecule has 0 fully saturated rings. The van der Waals surface area contributed by atoms with Gasteiger partial charge < -0.3 is 0 Å². The standard InChI is InChI=1S/C18H16BN3O2/c1-19(2)17-12-7-13-5-3-4-6-16(13)18(17)21-20-14-8-10-15(11-9-14)22(23)24/h3-12H,1-2H3. The zero-order chi connectivity index (χ0) is 17.1. The maximum absolute atomic E-state index is 10.7. The molecule has 118 valence electrons. The molecule has 0 saturated heterocycles. The van der Waals surface area contributed by atoms with E-state index in [-0.39, 0.29) is 5.69 Å². The Balaban J connectivity index is 2.04. The van der Waals surface area contributed by atoms with E-state index in [0.717, 1.165) is 21.9 Å². The van der Waals surface area contributed by atoms with E-state index in [4.69, 9.17) is 0 Å². The quantitative estimate of drug-likeness (QED) is 0.290. The third-order valence-electron chi connectivity index (χ3n) is 3.88. The SMILES string of the molecule is CB(C)c1ccc2ccccc2c1N=Nc1ccc([N+](=O)[O-])cc1. The number of nitro groups is 1. The van der Waals surface area contributed by atoms with Crippen molar-refractivity contribution >= 4 is 40.0 Å². The minimum absolute atomic E-state index is 0.0435. The highest BCUT2D eigenvalue weighted by Gasteiger charge is 2.12. The molecule has 0 amide bonds. The van der Waals surface area contributed by atoms with E-state index in [0.29, 0.717) is 12.4 Å². The van der Waals surface area contributed by atoms with E-state index in [9.17, 15) is 10.1 Å². The number of hydrogen-bond donors (Lipinski definition) is 0. The Hall–Kier alpha value is -3.02. The Morgan fingerprint density at radius 1 is 0.917 bits per heavy atom. The van der Waals surface area contributed by atoms with E-state index in [1.807, 2.05) is 24.3 Å². The molecule has 6 heteroatoms. The van der Waals surface area contributed by atoms with Crippen molar-refractivity contribution in [2.45, 2.75) is 13.6 Å². The summed E-state index contributed by atoms with van der Waals surface area (Å²) in [5, 5.41) is 21.6. The number of fused-ring (bicyclic) bond motifs is 1.